The summed E-state index contributed by atoms with van der Waals surface area (Å²) in [6, 6.07) is 10.7. The van der Waals surface area contributed by atoms with Gasteiger partial charge in [-0.05, 0) is 53.2 Å². The highest BCUT2D eigenvalue weighted by molar-refractivity contribution is 9.10. The summed E-state index contributed by atoms with van der Waals surface area (Å²) in [6.07, 6.45) is 0. The molecule has 20 heavy (non-hydrogen) atoms. The molecule has 0 atom stereocenters. The first-order chi connectivity index (χ1) is 9.47. The second kappa shape index (κ2) is 5.96. The molecular formula is C15H11BrFNO2. The Morgan fingerprint density at radius 3 is 2.50 bits per heavy atom. The summed E-state index contributed by atoms with van der Waals surface area (Å²) in [7, 11) is 0. The van der Waals surface area contributed by atoms with Crippen molar-refractivity contribution in [3.8, 4) is 0 Å². The van der Waals surface area contributed by atoms with E-state index in [2.05, 4.69) is 21.2 Å². The zero-order chi connectivity index (χ0) is 14.7. The zero-order valence-electron chi connectivity index (χ0n) is 10.6. The van der Waals surface area contributed by atoms with Crippen LogP contribution in [0.25, 0.3) is 0 Å². The molecule has 0 aliphatic carbocycles. The van der Waals surface area contributed by atoms with Gasteiger partial charge in [-0.3, -0.25) is 9.59 Å². The minimum absolute atomic E-state index is 0.0872. The molecule has 2 rings (SSSR count). The molecular weight excluding hydrogens is 325 g/mol. The highest BCUT2D eigenvalue weighted by Gasteiger charge is 2.09. The van der Waals surface area contributed by atoms with Crippen molar-refractivity contribution in [2.45, 2.75) is 6.92 Å². The molecule has 0 saturated heterocycles. The van der Waals surface area contributed by atoms with Gasteiger partial charge in [-0.25, -0.2) is 4.39 Å². The van der Waals surface area contributed by atoms with Crippen molar-refractivity contribution >= 4 is 33.3 Å². The first kappa shape index (κ1) is 14.4. The van der Waals surface area contributed by atoms with Crippen molar-refractivity contribution in [3.05, 3.63) is 63.9 Å². The van der Waals surface area contributed by atoms with Crippen LogP contribution in [0.2, 0.25) is 0 Å². The number of rotatable bonds is 3. The first-order valence-electron chi connectivity index (χ1n) is 5.85. The number of carbonyl (C=O) groups is 2. The number of halogens is 2. The third kappa shape index (κ3) is 3.30. The molecule has 0 spiro atoms. The van der Waals surface area contributed by atoms with E-state index >= 15 is 0 Å². The quantitative estimate of drug-likeness (QED) is 0.860. The SMILES string of the molecule is CC(=O)c1cccc(NC(=O)c2ccc(Br)c(F)c2)c1. The van der Waals surface area contributed by atoms with Gasteiger partial charge in [0.2, 0.25) is 0 Å². The zero-order valence-corrected chi connectivity index (χ0v) is 12.2. The molecule has 102 valence electrons. The Labute approximate surface area is 123 Å². The molecule has 0 bridgehead atoms. The summed E-state index contributed by atoms with van der Waals surface area (Å²) < 4.78 is 13.7. The van der Waals surface area contributed by atoms with Gasteiger partial charge in [-0.2, -0.15) is 0 Å². The lowest BCUT2D eigenvalue weighted by Crippen LogP contribution is -2.12. The molecule has 0 aliphatic heterocycles. The van der Waals surface area contributed by atoms with Crippen LogP contribution < -0.4 is 5.32 Å². The van der Waals surface area contributed by atoms with Gasteiger partial charge in [0.15, 0.2) is 5.78 Å². The predicted molar refractivity (Wildman–Crippen MR) is 78.5 cm³/mol. The minimum atomic E-state index is -0.505. The minimum Gasteiger partial charge on any atom is -0.322 e. The van der Waals surface area contributed by atoms with Gasteiger partial charge in [0, 0.05) is 16.8 Å². The first-order valence-corrected chi connectivity index (χ1v) is 6.64. The number of hydrogen-bond acceptors (Lipinski definition) is 2. The summed E-state index contributed by atoms with van der Waals surface area (Å²) >= 11 is 3.03. The lowest BCUT2D eigenvalue weighted by atomic mass is 10.1. The fourth-order valence-corrected chi connectivity index (χ4v) is 1.90. The highest BCUT2D eigenvalue weighted by Crippen LogP contribution is 2.18. The number of anilines is 1. The van der Waals surface area contributed by atoms with Crippen LogP contribution in [0.15, 0.2) is 46.9 Å². The van der Waals surface area contributed by atoms with E-state index in [9.17, 15) is 14.0 Å². The van der Waals surface area contributed by atoms with Crippen molar-refractivity contribution in [1.82, 2.24) is 0 Å². The Hall–Kier alpha value is -2.01. The van der Waals surface area contributed by atoms with Crippen LogP contribution in [0, 0.1) is 5.82 Å². The number of Topliss-reactive ketones (excluding diaryl/α,β-unsaturated/α-hetero) is 1. The molecule has 0 saturated carbocycles. The second-order valence-corrected chi connectivity index (χ2v) is 5.07. The Kier molecular flexibility index (Phi) is 4.29. The number of amides is 1. The van der Waals surface area contributed by atoms with Gasteiger partial charge < -0.3 is 5.32 Å². The number of ketones is 1. The molecule has 5 heteroatoms. The van der Waals surface area contributed by atoms with E-state index < -0.39 is 11.7 Å². The Balaban J connectivity index is 2.21. The van der Waals surface area contributed by atoms with E-state index in [0.717, 1.165) is 6.07 Å². The summed E-state index contributed by atoms with van der Waals surface area (Å²) in [5, 5.41) is 2.63. The molecule has 2 aromatic carbocycles. The molecule has 0 aromatic heterocycles. The van der Waals surface area contributed by atoms with Crippen LogP contribution in [0.5, 0.6) is 0 Å². The number of nitrogens with one attached hydrogen (secondary N) is 1. The summed E-state index contributed by atoms with van der Waals surface area (Å²) in [6.45, 7) is 1.45. The Morgan fingerprint density at radius 2 is 1.85 bits per heavy atom. The van der Waals surface area contributed by atoms with E-state index in [1.807, 2.05) is 0 Å². The fourth-order valence-electron chi connectivity index (χ4n) is 1.66. The molecule has 0 heterocycles. The van der Waals surface area contributed by atoms with Gasteiger partial charge in [-0.15, -0.1) is 0 Å². The normalized spacial score (nSPS) is 10.2. The van der Waals surface area contributed by atoms with Gasteiger partial charge in [0.25, 0.3) is 5.91 Å². The molecule has 3 nitrogen and oxygen atoms in total. The standard InChI is InChI=1S/C15H11BrFNO2/c1-9(19)10-3-2-4-12(7-10)18-15(20)11-5-6-13(16)14(17)8-11/h2-8H,1H3,(H,18,20). The second-order valence-electron chi connectivity index (χ2n) is 4.22. The maximum atomic E-state index is 13.4. The van der Waals surface area contributed by atoms with Gasteiger partial charge >= 0.3 is 0 Å². The number of hydrogen-bond donors (Lipinski definition) is 1. The molecule has 0 radical (unpaired) electrons. The van der Waals surface area contributed by atoms with Crippen LogP contribution in [0.4, 0.5) is 10.1 Å². The molecule has 0 unspecified atom stereocenters. The van der Waals surface area contributed by atoms with Crippen LogP contribution in [-0.4, -0.2) is 11.7 Å². The third-order valence-electron chi connectivity index (χ3n) is 2.71. The van der Waals surface area contributed by atoms with Crippen molar-refractivity contribution in [3.63, 3.8) is 0 Å². The molecule has 0 fully saturated rings. The lowest BCUT2D eigenvalue weighted by Gasteiger charge is -2.07. The monoisotopic (exact) mass is 335 g/mol. The van der Waals surface area contributed by atoms with Gasteiger partial charge in [0.05, 0.1) is 4.47 Å². The van der Waals surface area contributed by atoms with E-state index in [-0.39, 0.29) is 11.3 Å². The third-order valence-corrected chi connectivity index (χ3v) is 3.35. The summed E-state index contributed by atoms with van der Waals surface area (Å²) in [5.74, 6) is -1.02. The lowest BCUT2D eigenvalue weighted by molar-refractivity contribution is 0.101. The summed E-state index contributed by atoms with van der Waals surface area (Å²) in [5.41, 5.74) is 1.20. The largest absolute Gasteiger partial charge is 0.322 e. The smallest absolute Gasteiger partial charge is 0.255 e. The van der Waals surface area contributed by atoms with E-state index in [1.54, 1.807) is 24.3 Å². The van der Waals surface area contributed by atoms with Crippen molar-refractivity contribution in [1.29, 1.82) is 0 Å². The van der Waals surface area contributed by atoms with Crippen LogP contribution in [0.1, 0.15) is 27.6 Å². The van der Waals surface area contributed by atoms with Crippen molar-refractivity contribution in [2.24, 2.45) is 0 Å². The van der Waals surface area contributed by atoms with E-state index in [0.29, 0.717) is 15.7 Å². The fraction of sp³-hybridized carbons (Fsp3) is 0.0667. The summed E-state index contributed by atoms with van der Waals surface area (Å²) in [4.78, 5) is 23.2. The maximum Gasteiger partial charge on any atom is 0.255 e. The number of benzene rings is 2. The van der Waals surface area contributed by atoms with Gasteiger partial charge in [-0.1, -0.05) is 12.1 Å². The average Bonchev–Trinajstić information content (AvgIpc) is 2.42. The Bertz CT molecular complexity index is 685. The van der Waals surface area contributed by atoms with E-state index in [4.69, 9.17) is 0 Å². The molecule has 1 N–H and O–H groups in total. The molecule has 1 amide bonds. The number of carbonyl (C=O) groups excluding carboxylic acids is 2. The van der Waals surface area contributed by atoms with Crippen LogP contribution >= 0.6 is 15.9 Å². The topological polar surface area (TPSA) is 46.2 Å². The van der Waals surface area contributed by atoms with Crippen LogP contribution in [0.3, 0.4) is 0 Å². The predicted octanol–water partition coefficient (Wildman–Crippen LogP) is 4.04. The maximum absolute atomic E-state index is 13.4. The molecule has 2 aromatic rings. The van der Waals surface area contributed by atoms with E-state index in [1.165, 1.54) is 19.1 Å². The average molecular weight is 336 g/mol. The molecule has 0 aliphatic rings. The Morgan fingerprint density at radius 1 is 1.10 bits per heavy atom. The highest BCUT2D eigenvalue weighted by atomic mass is 79.9. The van der Waals surface area contributed by atoms with Crippen molar-refractivity contribution in [2.75, 3.05) is 5.32 Å². The van der Waals surface area contributed by atoms with Gasteiger partial charge in [0.1, 0.15) is 5.82 Å². The van der Waals surface area contributed by atoms with Crippen LogP contribution in [-0.2, 0) is 0 Å². The van der Waals surface area contributed by atoms with Crippen molar-refractivity contribution < 1.29 is 14.0 Å².